The first-order valence-corrected chi connectivity index (χ1v) is 7.88. The van der Waals surface area contributed by atoms with Crippen molar-refractivity contribution in [3.63, 3.8) is 0 Å². The molecule has 7 nitrogen and oxygen atoms in total. The highest BCUT2D eigenvalue weighted by atomic mass is 16.5. The molecule has 1 aliphatic rings. The fourth-order valence-corrected chi connectivity index (χ4v) is 3.02. The van der Waals surface area contributed by atoms with Crippen LogP contribution in [0, 0.1) is 0 Å². The smallest absolute Gasteiger partial charge is 0.330 e. The topological polar surface area (TPSA) is 74.8 Å². The van der Waals surface area contributed by atoms with E-state index in [1.165, 1.54) is 7.11 Å². The molecule has 4 rings (SSSR count). The summed E-state index contributed by atoms with van der Waals surface area (Å²) in [5.74, 6) is 1.21. The maximum absolute atomic E-state index is 11.9. The Morgan fingerprint density at radius 1 is 1.29 bits per heavy atom. The van der Waals surface area contributed by atoms with Crippen LogP contribution in [0.1, 0.15) is 24.7 Å². The van der Waals surface area contributed by atoms with Gasteiger partial charge in [0, 0.05) is 30.1 Å². The second-order valence-corrected chi connectivity index (χ2v) is 5.74. The third-order valence-corrected chi connectivity index (χ3v) is 4.28. The van der Waals surface area contributed by atoms with Crippen LogP contribution in [0.15, 0.2) is 43.0 Å². The van der Waals surface area contributed by atoms with Gasteiger partial charge in [0.1, 0.15) is 5.82 Å². The molecule has 1 aromatic carbocycles. The number of esters is 1. The number of hydrogen-bond acceptors (Lipinski definition) is 5. The van der Waals surface area contributed by atoms with Crippen molar-refractivity contribution < 1.29 is 9.53 Å². The molecule has 0 saturated carbocycles. The van der Waals surface area contributed by atoms with E-state index >= 15 is 0 Å². The van der Waals surface area contributed by atoms with Gasteiger partial charge in [0.05, 0.1) is 13.4 Å². The summed E-state index contributed by atoms with van der Waals surface area (Å²) >= 11 is 0. The van der Waals surface area contributed by atoms with E-state index in [0.717, 1.165) is 36.3 Å². The number of carbonyl (C=O) groups excluding carboxylic acids is 1. The molecular weight excluding hydrogens is 306 g/mol. The van der Waals surface area contributed by atoms with Crippen molar-refractivity contribution in [2.24, 2.45) is 0 Å². The van der Waals surface area contributed by atoms with Gasteiger partial charge in [-0.2, -0.15) is 0 Å². The first kappa shape index (κ1) is 14.6. The predicted molar refractivity (Wildman–Crippen MR) is 86.6 cm³/mol. The van der Waals surface area contributed by atoms with Crippen LogP contribution in [-0.2, 0) is 16.0 Å². The van der Waals surface area contributed by atoms with Crippen molar-refractivity contribution in [3.8, 4) is 17.1 Å². The second kappa shape index (κ2) is 5.92. The van der Waals surface area contributed by atoms with E-state index < -0.39 is 0 Å². The number of imidazole rings is 1. The molecule has 1 atom stereocenters. The van der Waals surface area contributed by atoms with Crippen molar-refractivity contribution in [1.29, 1.82) is 0 Å². The van der Waals surface area contributed by atoms with E-state index in [2.05, 4.69) is 15.1 Å². The standard InChI is InChI=1S/C17H17N5O2/c1-24-17(23)14-3-2-4-15-19-16(20-22(14)15)12-5-7-13(8-6-12)21-10-9-18-11-21/h5-11,14H,2-4H2,1H3. The molecule has 1 aliphatic heterocycles. The quantitative estimate of drug-likeness (QED) is 0.691. The van der Waals surface area contributed by atoms with Crippen LogP contribution in [0.25, 0.3) is 17.1 Å². The largest absolute Gasteiger partial charge is 0.467 e. The van der Waals surface area contributed by atoms with Crippen LogP contribution in [0.4, 0.5) is 0 Å². The Labute approximate surface area is 138 Å². The summed E-state index contributed by atoms with van der Waals surface area (Å²) < 4.78 is 8.53. The maximum Gasteiger partial charge on any atom is 0.330 e. The molecule has 0 N–H and O–H groups in total. The predicted octanol–water partition coefficient (Wildman–Crippen LogP) is 2.18. The molecule has 0 amide bonds. The van der Waals surface area contributed by atoms with Gasteiger partial charge in [0.25, 0.3) is 0 Å². The molecule has 122 valence electrons. The van der Waals surface area contributed by atoms with Crippen molar-refractivity contribution in [1.82, 2.24) is 24.3 Å². The van der Waals surface area contributed by atoms with E-state index in [-0.39, 0.29) is 12.0 Å². The molecule has 3 aromatic rings. The summed E-state index contributed by atoms with van der Waals surface area (Å²) in [5.41, 5.74) is 1.94. The Kier molecular flexibility index (Phi) is 3.60. The SMILES string of the molecule is COC(=O)C1CCCc2nc(-c3ccc(-n4ccnc4)cc3)nn21. The van der Waals surface area contributed by atoms with Gasteiger partial charge < -0.3 is 9.30 Å². The lowest BCUT2D eigenvalue weighted by Gasteiger charge is -2.20. The number of aryl methyl sites for hydroxylation is 1. The van der Waals surface area contributed by atoms with Crippen molar-refractivity contribution in [3.05, 3.63) is 48.8 Å². The first-order chi connectivity index (χ1) is 11.8. The minimum atomic E-state index is -0.370. The zero-order valence-electron chi connectivity index (χ0n) is 13.3. The number of aromatic nitrogens is 5. The molecule has 0 aliphatic carbocycles. The third-order valence-electron chi connectivity index (χ3n) is 4.28. The summed E-state index contributed by atoms with van der Waals surface area (Å²) in [5, 5.41) is 4.55. The molecule has 3 heterocycles. The van der Waals surface area contributed by atoms with E-state index in [9.17, 15) is 4.79 Å². The highest BCUT2D eigenvalue weighted by Gasteiger charge is 2.29. The molecule has 2 aromatic heterocycles. The van der Waals surface area contributed by atoms with Gasteiger partial charge in [-0.3, -0.25) is 0 Å². The van der Waals surface area contributed by atoms with Gasteiger partial charge in [0.15, 0.2) is 11.9 Å². The summed E-state index contributed by atoms with van der Waals surface area (Å²) in [6.45, 7) is 0. The van der Waals surface area contributed by atoms with Crippen LogP contribution in [-0.4, -0.2) is 37.4 Å². The Balaban J connectivity index is 1.66. The fourth-order valence-electron chi connectivity index (χ4n) is 3.02. The van der Waals surface area contributed by atoms with Gasteiger partial charge in [-0.25, -0.2) is 19.4 Å². The van der Waals surface area contributed by atoms with Crippen LogP contribution in [0.5, 0.6) is 0 Å². The van der Waals surface area contributed by atoms with E-state index in [1.807, 2.05) is 35.0 Å². The fraction of sp³-hybridized carbons (Fsp3) is 0.294. The highest BCUT2D eigenvalue weighted by molar-refractivity contribution is 5.74. The Morgan fingerprint density at radius 3 is 2.83 bits per heavy atom. The Hall–Kier alpha value is -2.96. The van der Waals surface area contributed by atoms with E-state index in [1.54, 1.807) is 17.2 Å². The molecule has 0 bridgehead atoms. The van der Waals surface area contributed by atoms with Crippen molar-refractivity contribution >= 4 is 5.97 Å². The van der Waals surface area contributed by atoms with Gasteiger partial charge in [0.2, 0.25) is 0 Å². The normalized spacial score (nSPS) is 16.6. The number of fused-ring (bicyclic) bond motifs is 1. The number of nitrogens with zero attached hydrogens (tertiary/aromatic N) is 5. The highest BCUT2D eigenvalue weighted by Crippen LogP contribution is 2.27. The Morgan fingerprint density at radius 2 is 2.12 bits per heavy atom. The third kappa shape index (κ3) is 2.47. The van der Waals surface area contributed by atoms with Crippen molar-refractivity contribution in [2.45, 2.75) is 25.3 Å². The molecule has 0 saturated heterocycles. The summed E-state index contributed by atoms with van der Waals surface area (Å²) in [4.78, 5) is 20.6. The zero-order valence-corrected chi connectivity index (χ0v) is 13.3. The number of ether oxygens (including phenoxy) is 1. The molecular formula is C17H17N5O2. The zero-order chi connectivity index (χ0) is 16.5. The van der Waals surface area contributed by atoms with E-state index in [0.29, 0.717) is 5.82 Å². The van der Waals surface area contributed by atoms with Gasteiger partial charge in [-0.05, 0) is 37.1 Å². The van der Waals surface area contributed by atoms with Crippen LogP contribution in [0.3, 0.4) is 0 Å². The summed E-state index contributed by atoms with van der Waals surface area (Å²) in [7, 11) is 1.41. The monoisotopic (exact) mass is 323 g/mol. The maximum atomic E-state index is 11.9. The van der Waals surface area contributed by atoms with Crippen molar-refractivity contribution in [2.75, 3.05) is 7.11 Å². The number of methoxy groups -OCH3 is 1. The number of rotatable bonds is 3. The average Bonchev–Trinajstić information content (AvgIpc) is 3.30. The lowest BCUT2D eigenvalue weighted by molar-refractivity contribution is -0.145. The number of carbonyl (C=O) groups is 1. The molecule has 24 heavy (non-hydrogen) atoms. The minimum Gasteiger partial charge on any atom is -0.467 e. The molecule has 0 radical (unpaired) electrons. The van der Waals surface area contributed by atoms with Crippen LogP contribution >= 0.6 is 0 Å². The van der Waals surface area contributed by atoms with Crippen LogP contribution in [0.2, 0.25) is 0 Å². The number of hydrogen-bond donors (Lipinski definition) is 0. The molecule has 1 unspecified atom stereocenters. The second-order valence-electron chi connectivity index (χ2n) is 5.74. The lowest BCUT2D eigenvalue weighted by Crippen LogP contribution is -2.27. The minimum absolute atomic E-state index is 0.261. The molecule has 0 fully saturated rings. The first-order valence-electron chi connectivity index (χ1n) is 7.88. The molecule has 0 spiro atoms. The summed E-state index contributed by atoms with van der Waals surface area (Å²) in [6, 6.07) is 7.57. The lowest BCUT2D eigenvalue weighted by atomic mass is 10.1. The van der Waals surface area contributed by atoms with Gasteiger partial charge in [-0.15, -0.1) is 5.10 Å². The van der Waals surface area contributed by atoms with Crippen LogP contribution < -0.4 is 0 Å². The molecule has 7 heteroatoms. The van der Waals surface area contributed by atoms with E-state index in [4.69, 9.17) is 4.74 Å². The Bertz CT molecular complexity index is 852. The average molecular weight is 323 g/mol. The van der Waals surface area contributed by atoms with Gasteiger partial charge in [-0.1, -0.05) is 0 Å². The number of benzene rings is 1. The summed E-state index contributed by atoms with van der Waals surface area (Å²) in [6.07, 6.45) is 7.87. The van der Waals surface area contributed by atoms with Gasteiger partial charge >= 0.3 is 5.97 Å².